The molecule has 6 heteroatoms. The van der Waals surface area contributed by atoms with Gasteiger partial charge in [-0.25, -0.2) is 4.98 Å². The number of nitrogens with zero attached hydrogens (tertiary/aromatic N) is 3. The molecule has 4 aromatic carbocycles. The molecule has 0 bridgehead atoms. The van der Waals surface area contributed by atoms with E-state index in [2.05, 4.69) is 84.1 Å². The molecule has 0 unspecified atom stereocenters. The van der Waals surface area contributed by atoms with Gasteiger partial charge in [0.05, 0.1) is 12.3 Å². The van der Waals surface area contributed by atoms with E-state index in [-0.39, 0.29) is 0 Å². The van der Waals surface area contributed by atoms with Crippen LogP contribution >= 0.6 is 11.6 Å². The lowest BCUT2D eigenvalue weighted by Gasteiger charge is -2.17. The topological polar surface area (TPSA) is 39.5 Å². The maximum Gasteiger partial charge on any atom is 0.127 e. The van der Waals surface area contributed by atoms with Gasteiger partial charge in [0.15, 0.2) is 0 Å². The monoisotopic (exact) mass is 579 g/mol. The van der Waals surface area contributed by atoms with E-state index in [4.69, 9.17) is 26.1 Å². The molecule has 0 saturated heterocycles. The van der Waals surface area contributed by atoms with Crippen molar-refractivity contribution < 1.29 is 9.47 Å². The Morgan fingerprint density at radius 3 is 2.05 bits per heavy atom. The molecule has 42 heavy (non-hydrogen) atoms. The molecule has 0 spiro atoms. The molecular formula is C36H38ClN3O2. The second kappa shape index (κ2) is 14.7. The fourth-order valence-electron chi connectivity index (χ4n) is 4.91. The first-order valence-corrected chi connectivity index (χ1v) is 15.1. The number of ether oxygens (including phenoxy) is 2. The number of halogens is 1. The van der Waals surface area contributed by atoms with Crippen LogP contribution in [0.3, 0.4) is 0 Å². The molecule has 5 aromatic rings. The molecule has 5 rings (SSSR count). The van der Waals surface area contributed by atoms with Crippen molar-refractivity contribution in [3.05, 3.63) is 126 Å². The minimum absolute atomic E-state index is 0.685. The van der Waals surface area contributed by atoms with Crippen LogP contribution in [0.1, 0.15) is 31.7 Å². The quantitative estimate of drug-likeness (QED) is 0.123. The van der Waals surface area contributed by atoms with Crippen LogP contribution in [0.15, 0.2) is 109 Å². The van der Waals surface area contributed by atoms with Crippen molar-refractivity contribution in [2.45, 2.75) is 33.1 Å². The Kier molecular flexibility index (Phi) is 10.3. The van der Waals surface area contributed by atoms with Crippen molar-refractivity contribution in [1.29, 1.82) is 0 Å². The zero-order valence-electron chi connectivity index (χ0n) is 24.4. The first-order chi connectivity index (χ1) is 20.6. The van der Waals surface area contributed by atoms with Gasteiger partial charge in [0.2, 0.25) is 0 Å². The van der Waals surface area contributed by atoms with Crippen molar-refractivity contribution >= 4 is 11.6 Å². The lowest BCUT2D eigenvalue weighted by Crippen LogP contribution is -2.25. The minimum Gasteiger partial charge on any atom is -0.494 e. The van der Waals surface area contributed by atoms with Gasteiger partial charge >= 0.3 is 0 Å². The Bertz CT molecular complexity index is 1510. The first-order valence-electron chi connectivity index (χ1n) is 14.7. The lowest BCUT2D eigenvalue weighted by molar-refractivity contribution is 0.249. The Hall–Kier alpha value is -4.06. The van der Waals surface area contributed by atoms with E-state index >= 15 is 0 Å². The van der Waals surface area contributed by atoms with Crippen molar-refractivity contribution in [3.63, 3.8) is 0 Å². The van der Waals surface area contributed by atoms with Crippen LogP contribution in [-0.2, 0) is 12.8 Å². The molecule has 0 aliphatic rings. The molecule has 0 N–H and O–H groups in total. The van der Waals surface area contributed by atoms with E-state index in [0.717, 1.165) is 78.9 Å². The Balaban J connectivity index is 1.31. The SMILES string of the molecule is CCN(CC)CCCOc1ccc(-c2cn(-c3ccc(Oc4ccc(Cl)cc4)cc3)c(CCc3ccccc3)n2)cc1. The Morgan fingerprint density at radius 1 is 0.738 bits per heavy atom. The van der Waals surface area contributed by atoms with Gasteiger partial charge < -0.3 is 18.9 Å². The van der Waals surface area contributed by atoms with Crippen molar-refractivity contribution in [2.24, 2.45) is 0 Å². The highest BCUT2D eigenvalue weighted by Crippen LogP contribution is 2.28. The summed E-state index contributed by atoms with van der Waals surface area (Å²) in [5.74, 6) is 3.41. The summed E-state index contributed by atoms with van der Waals surface area (Å²) in [6.07, 6.45) is 4.87. The second-order valence-electron chi connectivity index (χ2n) is 10.2. The molecule has 5 nitrogen and oxygen atoms in total. The zero-order chi connectivity index (χ0) is 29.1. The van der Waals surface area contributed by atoms with Gasteiger partial charge in [0.25, 0.3) is 0 Å². The first kappa shape index (κ1) is 29.4. The summed E-state index contributed by atoms with van der Waals surface area (Å²) in [5.41, 5.74) is 4.33. The van der Waals surface area contributed by atoms with Crippen LogP contribution in [0.4, 0.5) is 0 Å². The third-order valence-electron chi connectivity index (χ3n) is 7.36. The summed E-state index contributed by atoms with van der Waals surface area (Å²) >= 11 is 6.01. The van der Waals surface area contributed by atoms with E-state index in [0.29, 0.717) is 11.6 Å². The Morgan fingerprint density at radius 2 is 1.38 bits per heavy atom. The summed E-state index contributed by atoms with van der Waals surface area (Å²) < 4.78 is 14.2. The average Bonchev–Trinajstić information content (AvgIpc) is 3.47. The van der Waals surface area contributed by atoms with E-state index in [1.54, 1.807) is 0 Å². The minimum atomic E-state index is 0.685. The molecular weight excluding hydrogens is 542 g/mol. The summed E-state index contributed by atoms with van der Waals surface area (Å²) in [5, 5.41) is 0.685. The van der Waals surface area contributed by atoms with Crippen LogP contribution in [0.25, 0.3) is 16.9 Å². The summed E-state index contributed by atoms with van der Waals surface area (Å²) in [6.45, 7) is 8.32. The molecule has 1 heterocycles. The fraction of sp³-hybridized carbons (Fsp3) is 0.250. The standard InChI is InChI=1S/C36H38ClN3O2/c1-3-39(4-2)25-8-26-41-32-18-12-29(13-19-32)35-27-40(36(38-35)24-11-28-9-6-5-7-10-28)31-16-22-34(23-17-31)42-33-20-14-30(37)15-21-33/h5-7,9-10,12-23,27H,3-4,8,11,24-26H2,1-2H3. The second-order valence-corrected chi connectivity index (χ2v) is 10.6. The number of benzene rings is 4. The number of imidazole rings is 1. The zero-order valence-corrected chi connectivity index (χ0v) is 25.1. The van der Waals surface area contributed by atoms with Crippen LogP contribution in [-0.4, -0.2) is 40.7 Å². The predicted molar refractivity (Wildman–Crippen MR) is 172 cm³/mol. The normalized spacial score (nSPS) is 11.1. The van der Waals surface area contributed by atoms with Crippen LogP contribution < -0.4 is 9.47 Å². The number of aryl methyl sites for hydroxylation is 2. The highest BCUT2D eigenvalue weighted by atomic mass is 35.5. The van der Waals surface area contributed by atoms with Gasteiger partial charge in [-0.15, -0.1) is 0 Å². The molecule has 0 amide bonds. The molecule has 0 atom stereocenters. The maximum absolute atomic E-state index is 6.01. The third kappa shape index (κ3) is 8.03. The van der Waals surface area contributed by atoms with Crippen molar-refractivity contribution in [3.8, 4) is 34.2 Å². The van der Waals surface area contributed by atoms with Gasteiger partial charge in [-0.3, -0.25) is 0 Å². The maximum atomic E-state index is 6.01. The molecule has 0 aliphatic carbocycles. The lowest BCUT2D eigenvalue weighted by atomic mass is 10.1. The van der Waals surface area contributed by atoms with Gasteiger partial charge in [-0.1, -0.05) is 55.8 Å². The number of rotatable bonds is 14. The van der Waals surface area contributed by atoms with Gasteiger partial charge in [-0.2, -0.15) is 0 Å². The van der Waals surface area contributed by atoms with Gasteiger partial charge in [0, 0.05) is 35.4 Å². The van der Waals surface area contributed by atoms with Crippen molar-refractivity contribution in [2.75, 3.05) is 26.2 Å². The average molecular weight is 580 g/mol. The molecule has 0 aliphatic heterocycles. The Labute approximate surface area is 254 Å². The summed E-state index contributed by atoms with van der Waals surface area (Å²) in [7, 11) is 0. The molecule has 0 fully saturated rings. The van der Waals surface area contributed by atoms with Gasteiger partial charge in [-0.05, 0) is 104 Å². The molecule has 216 valence electrons. The van der Waals surface area contributed by atoms with E-state index < -0.39 is 0 Å². The highest BCUT2D eigenvalue weighted by molar-refractivity contribution is 6.30. The summed E-state index contributed by atoms with van der Waals surface area (Å²) in [6, 6.07) is 34.3. The number of aromatic nitrogens is 2. The van der Waals surface area contributed by atoms with Crippen molar-refractivity contribution in [1.82, 2.24) is 14.5 Å². The number of hydrogen-bond donors (Lipinski definition) is 0. The van der Waals surface area contributed by atoms with E-state index in [1.165, 1.54) is 5.56 Å². The fourth-order valence-corrected chi connectivity index (χ4v) is 5.04. The van der Waals surface area contributed by atoms with Gasteiger partial charge in [0.1, 0.15) is 23.1 Å². The van der Waals surface area contributed by atoms with Crippen LogP contribution in [0.5, 0.6) is 17.2 Å². The van der Waals surface area contributed by atoms with E-state index in [9.17, 15) is 0 Å². The molecule has 1 aromatic heterocycles. The largest absolute Gasteiger partial charge is 0.494 e. The van der Waals surface area contributed by atoms with Crippen LogP contribution in [0.2, 0.25) is 5.02 Å². The van der Waals surface area contributed by atoms with Crippen LogP contribution in [0, 0.1) is 0 Å². The molecule has 0 saturated carbocycles. The summed E-state index contributed by atoms with van der Waals surface area (Å²) in [4.78, 5) is 7.50. The predicted octanol–water partition coefficient (Wildman–Crippen LogP) is 8.88. The number of hydrogen-bond acceptors (Lipinski definition) is 4. The highest BCUT2D eigenvalue weighted by Gasteiger charge is 2.13. The third-order valence-corrected chi connectivity index (χ3v) is 7.61. The van der Waals surface area contributed by atoms with E-state index in [1.807, 2.05) is 48.5 Å². The smallest absolute Gasteiger partial charge is 0.127 e. The molecule has 0 radical (unpaired) electrons.